The minimum Gasteiger partial charge on any atom is -0.365 e. The number of rotatable bonds is 6. The monoisotopic (exact) mass is 411 g/mol. The Morgan fingerprint density at radius 2 is 2.00 bits per heavy atom. The Labute approximate surface area is 173 Å². The molecule has 0 aliphatic heterocycles. The number of nitrogens with one attached hydrogen (secondary N) is 1. The van der Waals surface area contributed by atoms with Crippen LogP contribution in [0.2, 0.25) is 0 Å². The average molecular weight is 412 g/mol. The molecule has 4 rings (SSSR count). The van der Waals surface area contributed by atoms with E-state index in [1.54, 1.807) is 0 Å². The van der Waals surface area contributed by atoms with Crippen molar-refractivity contribution in [3.8, 4) is 0 Å². The van der Waals surface area contributed by atoms with Crippen molar-refractivity contribution in [3.63, 3.8) is 0 Å². The van der Waals surface area contributed by atoms with Crippen molar-refractivity contribution in [1.29, 1.82) is 0 Å². The largest absolute Gasteiger partial charge is 0.365 e. The van der Waals surface area contributed by atoms with Crippen LogP contribution in [0.15, 0.2) is 24.3 Å². The minimum atomic E-state index is -0.471. The summed E-state index contributed by atoms with van der Waals surface area (Å²) in [7, 11) is 3.94. The number of nitrogens with two attached hydrogens (primary N) is 1. The number of para-hydroxylation sites is 2. The molecule has 0 saturated carbocycles. The molecule has 0 bridgehead atoms. The van der Waals surface area contributed by atoms with Crippen molar-refractivity contribution >= 4 is 39.2 Å². The van der Waals surface area contributed by atoms with Crippen LogP contribution in [0.3, 0.4) is 0 Å². The number of fused-ring (bicyclic) bond motifs is 2. The molecule has 3 N–H and O–H groups in total. The summed E-state index contributed by atoms with van der Waals surface area (Å²) >= 11 is 1.48. The van der Waals surface area contributed by atoms with E-state index in [1.807, 2.05) is 47.8 Å². The first-order valence-corrected chi connectivity index (χ1v) is 10.6. The first-order valence-electron chi connectivity index (χ1n) is 9.77. The third-order valence-corrected chi connectivity index (χ3v) is 6.37. The Morgan fingerprint density at radius 1 is 1.24 bits per heavy atom. The summed E-state index contributed by atoms with van der Waals surface area (Å²) in [5.74, 6) is 0.169. The maximum atomic E-state index is 12.9. The van der Waals surface area contributed by atoms with Gasteiger partial charge in [0.25, 0.3) is 5.91 Å². The number of hydrogen-bond donors (Lipinski definition) is 2. The summed E-state index contributed by atoms with van der Waals surface area (Å²) in [5, 5.41) is 3.53. The summed E-state index contributed by atoms with van der Waals surface area (Å²) in [5.41, 5.74) is 8.93. The van der Waals surface area contributed by atoms with Gasteiger partial charge in [-0.2, -0.15) is 0 Å². The quantitative estimate of drug-likeness (QED) is 0.652. The first kappa shape index (κ1) is 19.6. The first-order chi connectivity index (χ1) is 13.9. The number of thiophene rings is 1. The van der Waals surface area contributed by atoms with Gasteiger partial charge in [-0.3, -0.25) is 9.59 Å². The molecule has 3 aromatic rings. The molecular formula is C21H25N5O2S. The summed E-state index contributed by atoms with van der Waals surface area (Å²) in [6.45, 7) is 0.756. The molecule has 0 radical (unpaired) electrons. The number of benzene rings is 1. The number of hydrogen-bond acceptors (Lipinski definition) is 5. The number of anilines is 1. The Morgan fingerprint density at radius 3 is 2.76 bits per heavy atom. The molecule has 1 aromatic carbocycles. The molecule has 2 amide bonds. The molecule has 0 fully saturated rings. The number of aromatic nitrogens is 2. The van der Waals surface area contributed by atoms with Crippen LogP contribution in [0.1, 0.15) is 39.5 Å². The second kappa shape index (κ2) is 7.96. The van der Waals surface area contributed by atoms with Gasteiger partial charge in [0.1, 0.15) is 17.4 Å². The van der Waals surface area contributed by atoms with Crippen LogP contribution >= 0.6 is 11.3 Å². The maximum Gasteiger partial charge on any atom is 0.251 e. The van der Waals surface area contributed by atoms with Crippen molar-refractivity contribution in [3.05, 3.63) is 46.1 Å². The third kappa shape index (κ3) is 3.90. The lowest BCUT2D eigenvalue weighted by Crippen LogP contribution is -2.23. The minimum absolute atomic E-state index is 0.129. The van der Waals surface area contributed by atoms with Crippen LogP contribution in [-0.4, -0.2) is 40.4 Å². The summed E-state index contributed by atoms with van der Waals surface area (Å²) in [6, 6.07) is 7.79. The Hall–Kier alpha value is -2.71. The fraction of sp³-hybridized carbons (Fsp3) is 0.381. The molecule has 0 unspecified atom stereocenters. The molecule has 1 aliphatic carbocycles. The molecule has 0 atom stereocenters. The van der Waals surface area contributed by atoms with Gasteiger partial charge in [0.15, 0.2) is 0 Å². The lowest BCUT2D eigenvalue weighted by Gasteiger charge is -2.13. The number of amides is 2. The van der Waals surface area contributed by atoms with Crippen LogP contribution in [0, 0.1) is 0 Å². The van der Waals surface area contributed by atoms with Crippen LogP contribution < -0.4 is 11.1 Å². The Balaban J connectivity index is 1.63. The number of nitrogens with zero attached hydrogens (tertiary/aromatic N) is 3. The SMILES string of the molecule is CN(C)Cc1nc2ccccc2n1CC(=O)Nc1sc2c(c1C(N)=O)CCCC2. The van der Waals surface area contributed by atoms with Crippen molar-refractivity contribution in [2.45, 2.75) is 38.8 Å². The van der Waals surface area contributed by atoms with E-state index in [0.29, 0.717) is 17.1 Å². The Bertz CT molecular complexity index is 1080. The molecule has 0 spiro atoms. The fourth-order valence-electron chi connectivity index (χ4n) is 3.93. The normalized spacial score (nSPS) is 13.6. The van der Waals surface area contributed by atoms with Crippen molar-refractivity contribution in [2.24, 2.45) is 5.73 Å². The van der Waals surface area contributed by atoms with Gasteiger partial charge >= 0.3 is 0 Å². The van der Waals surface area contributed by atoms with E-state index in [-0.39, 0.29) is 12.5 Å². The van der Waals surface area contributed by atoms with Crippen LogP contribution in [-0.2, 0) is 30.7 Å². The summed E-state index contributed by atoms with van der Waals surface area (Å²) in [6.07, 6.45) is 3.94. The molecule has 8 heteroatoms. The zero-order chi connectivity index (χ0) is 20.5. The van der Waals surface area contributed by atoms with Gasteiger partial charge in [0.2, 0.25) is 5.91 Å². The number of carbonyl (C=O) groups is 2. The van der Waals surface area contributed by atoms with E-state index in [0.717, 1.165) is 48.1 Å². The smallest absolute Gasteiger partial charge is 0.251 e. The van der Waals surface area contributed by atoms with Crippen LogP contribution in [0.4, 0.5) is 5.00 Å². The molecule has 2 heterocycles. The highest BCUT2D eigenvalue weighted by Crippen LogP contribution is 2.37. The van der Waals surface area contributed by atoms with E-state index in [1.165, 1.54) is 16.2 Å². The summed E-state index contributed by atoms with van der Waals surface area (Å²) in [4.78, 5) is 32.9. The van der Waals surface area contributed by atoms with Gasteiger partial charge in [-0.15, -0.1) is 11.3 Å². The molecule has 152 valence electrons. The van der Waals surface area contributed by atoms with Crippen molar-refractivity contribution < 1.29 is 9.59 Å². The molecular weight excluding hydrogens is 386 g/mol. The van der Waals surface area contributed by atoms with Crippen LogP contribution in [0.5, 0.6) is 0 Å². The second-order valence-corrected chi connectivity index (χ2v) is 8.77. The fourth-order valence-corrected chi connectivity index (χ4v) is 5.24. The van der Waals surface area contributed by atoms with Gasteiger partial charge in [-0.25, -0.2) is 4.98 Å². The number of carbonyl (C=O) groups excluding carboxylic acids is 2. The highest BCUT2D eigenvalue weighted by molar-refractivity contribution is 7.17. The molecule has 1 aliphatic rings. The Kier molecular flexibility index (Phi) is 5.38. The molecule has 29 heavy (non-hydrogen) atoms. The third-order valence-electron chi connectivity index (χ3n) is 5.16. The zero-order valence-corrected chi connectivity index (χ0v) is 17.5. The van der Waals surface area contributed by atoms with Crippen molar-refractivity contribution in [2.75, 3.05) is 19.4 Å². The van der Waals surface area contributed by atoms with Gasteiger partial charge in [0.05, 0.1) is 23.1 Å². The predicted molar refractivity (Wildman–Crippen MR) is 115 cm³/mol. The number of primary amides is 1. The van der Waals surface area contributed by atoms with Gasteiger partial charge in [-0.05, 0) is 57.5 Å². The zero-order valence-electron chi connectivity index (χ0n) is 16.7. The van der Waals surface area contributed by atoms with Crippen LogP contribution in [0.25, 0.3) is 11.0 Å². The number of aryl methyl sites for hydroxylation is 1. The second-order valence-electron chi connectivity index (χ2n) is 7.67. The molecule has 2 aromatic heterocycles. The van der Waals surface area contributed by atoms with E-state index < -0.39 is 5.91 Å². The summed E-state index contributed by atoms with van der Waals surface area (Å²) < 4.78 is 1.93. The van der Waals surface area contributed by atoms with E-state index in [4.69, 9.17) is 5.73 Å². The van der Waals surface area contributed by atoms with Crippen molar-refractivity contribution in [1.82, 2.24) is 14.5 Å². The highest BCUT2D eigenvalue weighted by Gasteiger charge is 2.25. The van der Waals surface area contributed by atoms with Gasteiger partial charge in [0, 0.05) is 4.88 Å². The highest BCUT2D eigenvalue weighted by atomic mass is 32.1. The molecule has 0 saturated heterocycles. The standard InChI is InChI=1S/C21H25N5O2S/c1-25(2)11-17-23-14-8-4-5-9-15(14)26(17)12-18(27)24-21-19(20(22)28)13-7-3-6-10-16(13)29-21/h4-5,8-9H,3,6-7,10-12H2,1-2H3,(H2,22,28)(H,24,27). The van der Waals surface area contributed by atoms with E-state index in [2.05, 4.69) is 10.3 Å². The lowest BCUT2D eigenvalue weighted by atomic mass is 9.95. The van der Waals surface area contributed by atoms with E-state index in [9.17, 15) is 9.59 Å². The molecule has 7 nitrogen and oxygen atoms in total. The van der Waals surface area contributed by atoms with Gasteiger partial charge in [-0.1, -0.05) is 12.1 Å². The maximum absolute atomic E-state index is 12.9. The predicted octanol–water partition coefficient (Wildman–Crippen LogP) is 2.78. The number of imidazole rings is 1. The van der Waals surface area contributed by atoms with Gasteiger partial charge < -0.3 is 20.5 Å². The average Bonchev–Trinajstić information content (AvgIpc) is 3.19. The lowest BCUT2D eigenvalue weighted by molar-refractivity contribution is -0.116. The topological polar surface area (TPSA) is 93.2 Å². The van der Waals surface area contributed by atoms with E-state index >= 15 is 0 Å².